The molecule has 0 spiro atoms. The van der Waals surface area contributed by atoms with Gasteiger partial charge in [-0.3, -0.25) is 9.59 Å². The number of benzene rings is 1. The molecule has 1 aromatic rings. The number of aliphatic hydroxyl groups excluding tert-OH is 1. The molecule has 3 aliphatic rings. The topological polar surface area (TPSA) is 66.8 Å². The first kappa shape index (κ1) is 17.5. The van der Waals surface area contributed by atoms with Gasteiger partial charge in [0, 0.05) is 12.1 Å². The summed E-state index contributed by atoms with van der Waals surface area (Å²) in [5.74, 6) is 0.824. The summed E-state index contributed by atoms with van der Waals surface area (Å²) >= 11 is 0. The predicted molar refractivity (Wildman–Crippen MR) is 102 cm³/mol. The van der Waals surface area contributed by atoms with E-state index in [1.54, 1.807) is 12.0 Å². The lowest BCUT2D eigenvalue weighted by molar-refractivity contribution is -0.135. The predicted octanol–water partition coefficient (Wildman–Crippen LogP) is 2.55. The van der Waals surface area contributed by atoms with Crippen LogP contribution >= 0.6 is 0 Å². The highest BCUT2D eigenvalue weighted by molar-refractivity contribution is 6.87. The maximum Gasteiger partial charge on any atom is 0.232 e. The van der Waals surface area contributed by atoms with Crippen molar-refractivity contribution < 1.29 is 19.4 Å². The van der Waals surface area contributed by atoms with Crippen molar-refractivity contribution in [2.75, 3.05) is 12.0 Å². The molecule has 0 aromatic heterocycles. The van der Waals surface area contributed by atoms with E-state index >= 15 is 0 Å². The number of ether oxygens (including phenoxy) is 1. The average Bonchev–Trinajstić information content (AvgIpc) is 2.93. The molecule has 0 radical (unpaired) electrons. The lowest BCUT2D eigenvalue weighted by Gasteiger charge is -2.54. The highest BCUT2D eigenvalue weighted by Gasteiger charge is 2.59. The molecule has 4 atom stereocenters. The molecule has 26 heavy (non-hydrogen) atoms. The molecule has 138 valence electrons. The van der Waals surface area contributed by atoms with Crippen molar-refractivity contribution in [3.05, 3.63) is 35.0 Å². The van der Waals surface area contributed by atoms with Crippen LogP contribution in [0, 0.1) is 11.8 Å². The number of rotatable bonds is 3. The zero-order valence-electron chi connectivity index (χ0n) is 15.7. The highest BCUT2D eigenvalue weighted by atomic mass is 28.3. The van der Waals surface area contributed by atoms with E-state index in [2.05, 4.69) is 19.6 Å². The Hall–Kier alpha value is -1.92. The van der Waals surface area contributed by atoms with E-state index in [9.17, 15) is 14.7 Å². The summed E-state index contributed by atoms with van der Waals surface area (Å²) in [5.41, 5.74) is 1.70. The summed E-state index contributed by atoms with van der Waals surface area (Å²) < 4.78 is 5.18. The van der Waals surface area contributed by atoms with E-state index in [-0.39, 0.29) is 29.6 Å². The Balaban J connectivity index is 1.71. The Bertz CT molecular complexity index is 808. The molecule has 0 bridgehead atoms. The molecule has 4 rings (SSSR count). The van der Waals surface area contributed by atoms with Crippen molar-refractivity contribution in [2.45, 2.75) is 44.6 Å². The molecule has 1 heterocycles. The minimum Gasteiger partial charge on any atom is -0.497 e. The quantitative estimate of drug-likeness (QED) is 0.655. The normalized spacial score (nSPS) is 30.9. The Kier molecular flexibility index (Phi) is 3.89. The Morgan fingerprint density at radius 3 is 2.38 bits per heavy atom. The van der Waals surface area contributed by atoms with Crippen LogP contribution < -0.4 is 9.64 Å². The Morgan fingerprint density at radius 2 is 1.81 bits per heavy atom. The summed E-state index contributed by atoms with van der Waals surface area (Å²) in [7, 11) is -0.242. The number of anilines is 1. The van der Waals surface area contributed by atoms with Crippen LogP contribution in [0.1, 0.15) is 12.8 Å². The van der Waals surface area contributed by atoms with Gasteiger partial charge in [0.2, 0.25) is 5.91 Å². The smallest absolute Gasteiger partial charge is 0.232 e. The van der Waals surface area contributed by atoms with Gasteiger partial charge in [0.1, 0.15) is 5.75 Å². The van der Waals surface area contributed by atoms with E-state index in [0.717, 1.165) is 22.2 Å². The Morgan fingerprint density at radius 1 is 1.15 bits per heavy atom. The lowest BCUT2D eigenvalue weighted by atomic mass is 9.68. The van der Waals surface area contributed by atoms with E-state index in [4.69, 9.17) is 4.74 Å². The van der Waals surface area contributed by atoms with Gasteiger partial charge in [-0.25, -0.2) is 0 Å². The Labute approximate surface area is 154 Å². The summed E-state index contributed by atoms with van der Waals surface area (Å²) in [6.07, 6.45) is 0.402. The van der Waals surface area contributed by atoms with Crippen LogP contribution in [0.2, 0.25) is 19.6 Å². The van der Waals surface area contributed by atoms with Gasteiger partial charge < -0.3 is 14.7 Å². The van der Waals surface area contributed by atoms with E-state index in [1.807, 2.05) is 24.3 Å². The van der Waals surface area contributed by atoms with Crippen LogP contribution in [0.5, 0.6) is 5.75 Å². The van der Waals surface area contributed by atoms with E-state index in [1.165, 1.54) is 0 Å². The number of fused-ring (bicyclic) bond motifs is 2. The van der Waals surface area contributed by atoms with Crippen molar-refractivity contribution in [1.82, 2.24) is 0 Å². The van der Waals surface area contributed by atoms with Gasteiger partial charge in [-0.1, -0.05) is 19.6 Å². The molecule has 1 aliphatic heterocycles. The summed E-state index contributed by atoms with van der Waals surface area (Å²) in [6, 6.07) is 7.07. The van der Waals surface area contributed by atoms with Gasteiger partial charge in [0.25, 0.3) is 0 Å². The zero-order chi connectivity index (χ0) is 18.8. The number of Topliss-reactive ketones (excluding diaryl/α,β-unsaturated/α-hetero) is 1. The van der Waals surface area contributed by atoms with Crippen molar-refractivity contribution >= 4 is 25.5 Å². The number of aliphatic hydroxyl groups is 1. The minimum absolute atomic E-state index is 0.0439. The number of β-lactam (4-membered cyclic amide) rings is 1. The minimum atomic E-state index is -1.85. The van der Waals surface area contributed by atoms with Crippen LogP contribution in [0.4, 0.5) is 5.69 Å². The number of carbonyl (C=O) groups excluding carboxylic acids is 2. The monoisotopic (exact) mass is 371 g/mol. The van der Waals surface area contributed by atoms with Crippen LogP contribution in [-0.4, -0.2) is 44.1 Å². The van der Waals surface area contributed by atoms with Gasteiger partial charge in [-0.05, 0) is 47.4 Å². The van der Waals surface area contributed by atoms with Crippen LogP contribution in [0.15, 0.2) is 35.0 Å². The largest absolute Gasteiger partial charge is 0.497 e. The van der Waals surface area contributed by atoms with Crippen molar-refractivity contribution in [3.63, 3.8) is 0 Å². The maximum absolute atomic E-state index is 12.7. The number of nitrogens with zero attached hydrogens (tertiary/aromatic N) is 1. The van der Waals surface area contributed by atoms with Gasteiger partial charge in [0.05, 0.1) is 33.2 Å². The second kappa shape index (κ2) is 5.79. The highest BCUT2D eigenvalue weighted by Crippen LogP contribution is 2.51. The first-order valence-corrected chi connectivity index (χ1v) is 12.7. The fourth-order valence-corrected chi connectivity index (χ4v) is 7.11. The summed E-state index contributed by atoms with van der Waals surface area (Å²) in [4.78, 5) is 27.1. The van der Waals surface area contributed by atoms with Crippen molar-refractivity contribution in [2.24, 2.45) is 11.8 Å². The number of allylic oxidation sites excluding steroid dienone is 1. The third-order valence-corrected chi connectivity index (χ3v) is 8.05. The van der Waals surface area contributed by atoms with E-state index < -0.39 is 14.2 Å². The molecule has 2 aliphatic carbocycles. The number of carbonyl (C=O) groups is 2. The van der Waals surface area contributed by atoms with Crippen LogP contribution in [0.25, 0.3) is 0 Å². The van der Waals surface area contributed by atoms with Gasteiger partial charge in [-0.2, -0.15) is 0 Å². The summed E-state index contributed by atoms with van der Waals surface area (Å²) in [6.45, 7) is 6.46. The third kappa shape index (κ3) is 2.39. The van der Waals surface area contributed by atoms with Gasteiger partial charge in [-0.15, -0.1) is 0 Å². The molecule has 1 unspecified atom stereocenters. The van der Waals surface area contributed by atoms with Crippen molar-refractivity contribution in [1.29, 1.82) is 0 Å². The second-order valence-corrected chi connectivity index (χ2v) is 13.6. The fourth-order valence-electron chi connectivity index (χ4n) is 4.96. The molecular weight excluding hydrogens is 346 g/mol. The average molecular weight is 372 g/mol. The number of hydrogen-bond donors (Lipinski definition) is 1. The molecule has 1 N–H and O–H groups in total. The van der Waals surface area contributed by atoms with Crippen LogP contribution in [-0.2, 0) is 9.59 Å². The standard InChI is InChI=1S/C20H25NO4Si/c1-25-13-7-5-12(6-8-13)21-17-14(20(21)24)9-11-10-15(22)19(26(2,3)4)16(11)18(17)23/h5-8,11,14,17-18,23H,9-10H2,1-4H3/t11?,14-,17-,18-/m0/s1. The molecule has 1 saturated heterocycles. The molecule has 1 aromatic carbocycles. The van der Waals surface area contributed by atoms with Gasteiger partial charge >= 0.3 is 0 Å². The lowest BCUT2D eigenvalue weighted by Crippen LogP contribution is -2.69. The fraction of sp³-hybridized carbons (Fsp3) is 0.500. The first-order valence-electron chi connectivity index (χ1n) is 9.17. The third-order valence-electron chi connectivity index (χ3n) is 5.99. The second-order valence-electron chi connectivity index (χ2n) is 8.59. The number of hydrogen-bond acceptors (Lipinski definition) is 4. The molecule has 1 amide bonds. The summed E-state index contributed by atoms with van der Waals surface area (Å²) in [5, 5.41) is 12.1. The van der Waals surface area contributed by atoms with Crippen LogP contribution in [0.3, 0.4) is 0 Å². The van der Waals surface area contributed by atoms with Crippen molar-refractivity contribution in [3.8, 4) is 5.75 Å². The molecule has 2 fully saturated rings. The molecule has 6 heteroatoms. The number of methoxy groups -OCH3 is 1. The zero-order valence-corrected chi connectivity index (χ0v) is 16.7. The first-order chi connectivity index (χ1) is 12.2. The molecule has 1 saturated carbocycles. The molecular formula is C20H25NO4Si. The van der Waals surface area contributed by atoms with E-state index in [0.29, 0.717) is 12.8 Å². The number of amides is 1. The SMILES string of the molecule is COc1ccc(N2C(=O)[C@H]3CC4CC(=O)C([Si](C)(C)C)=C4[C@H](O)[C@H]32)cc1. The maximum atomic E-state index is 12.7. The number of ketones is 1. The van der Waals surface area contributed by atoms with Gasteiger partial charge in [0.15, 0.2) is 5.78 Å². The molecule has 5 nitrogen and oxygen atoms in total.